The van der Waals surface area contributed by atoms with Crippen LogP contribution in [0.1, 0.15) is 25.3 Å². The number of anilines is 1. The van der Waals surface area contributed by atoms with Crippen LogP contribution in [-0.4, -0.2) is 31.0 Å². The molecule has 0 spiro atoms. The Morgan fingerprint density at radius 2 is 2.17 bits per heavy atom. The highest BCUT2D eigenvalue weighted by Crippen LogP contribution is 2.10. The summed E-state index contributed by atoms with van der Waals surface area (Å²) in [5, 5.41) is 9.27. The van der Waals surface area contributed by atoms with E-state index in [1.807, 2.05) is 19.1 Å². The van der Waals surface area contributed by atoms with Crippen LogP contribution < -0.4 is 16.0 Å². The van der Waals surface area contributed by atoms with Crippen molar-refractivity contribution in [3.8, 4) is 12.3 Å². The molecule has 1 aromatic carbocycles. The number of hydrogen-bond donors (Lipinski definition) is 3. The predicted molar refractivity (Wildman–Crippen MR) is 94.3 cm³/mol. The molecule has 0 heterocycles. The van der Waals surface area contributed by atoms with Crippen LogP contribution in [0.4, 0.5) is 5.69 Å². The van der Waals surface area contributed by atoms with E-state index in [9.17, 15) is 4.79 Å². The molecule has 1 aliphatic rings. The summed E-state index contributed by atoms with van der Waals surface area (Å²) >= 11 is 0. The van der Waals surface area contributed by atoms with Gasteiger partial charge in [0.15, 0.2) is 5.96 Å². The van der Waals surface area contributed by atoms with Crippen LogP contribution in [0.25, 0.3) is 0 Å². The summed E-state index contributed by atoms with van der Waals surface area (Å²) in [4.78, 5) is 16.4. The number of carbonyl (C=O) groups excluding carboxylic acids is 1. The van der Waals surface area contributed by atoms with Gasteiger partial charge in [0.1, 0.15) is 6.54 Å². The molecular weight excluding hydrogens is 288 g/mol. The topological polar surface area (TPSA) is 65.5 Å². The van der Waals surface area contributed by atoms with Crippen molar-refractivity contribution in [1.82, 2.24) is 10.6 Å². The quantitative estimate of drug-likeness (QED) is 0.337. The normalized spacial score (nSPS) is 14.3. The minimum atomic E-state index is -0.180. The van der Waals surface area contributed by atoms with Gasteiger partial charge in [0, 0.05) is 23.8 Å². The Bertz CT molecular complexity index is 635. The number of benzene rings is 1. The van der Waals surface area contributed by atoms with E-state index in [2.05, 4.69) is 39.0 Å². The summed E-state index contributed by atoms with van der Waals surface area (Å²) in [6.45, 7) is 2.79. The molecule has 0 bridgehead atoms. The average Bonchev–Trinajstić information content (AvgIpc) is 3.06. The Kier molecular flexibility index (Phi) is 6.25. The maximum atomic E-state index is 12.0. The molecule has 0 fully saturated rings. The lowest BCUT2D eigenvalue weighted by atomic mass is 10.2. The van der Waals surface area contributed by atoms with Crippen molar-refractivity contribution in [1.29, 1.82) is 0 Å². The molecule has 120 valence electrons. The van der Waals surface area contributed by atoms with Crippen molar-refractivity contribution in [2.75, 3.05) is 18.4 Å². The predicted octanol–water partition coefficient (Wildman–Crippen LogP) is 1.88. The smallest absolute Gasteiger partial charge is 0.246 e. The summed E-state index contributed by atoms with van der Waals surface area (Å²) in [7, 11) is 0. The van der Waals surface area contributed by atoms with Crippen molar-refractivity contribution < 1.29 is 4.79 Å². The van der Waals surface area contributed by atoms with Gasteiger partial charge in [-0.3, -0.25) is 4.79 Å². The number of terminal acetylenes is 1. The number of guanidine groups is 1. The Morgan fingerprint density at radius 1 is 1.39 bits per heavy atom. The second-order valence-electron chi connectivity index (χ2n) is 5.25. The van der Waals surface area contributed by atoms with Gasteiger partial charge in [0.05, 0.1) is 0 Å². The Balaban J connectivity index is 1.89. The van der Waals surface area contributed by atoms with Crippen LogP contribution in [-0.2, 0) is 4.79 Å². The maximum absolute atomic E-state index is 12.0. The summed E-state index contributed by atoms with van der Waals surface area (Å²) in [5.41, 5.74) is 1.41. The first-order chi connectivity index (χ1) is 11.2. The molecule has 5 nitrogen and oxygen atoms in total. The summed E-state index contributed by atoms with van der Waals surface area (Å²) in [6.07, 6.45) is 11.6. The van der Waals surface area contributed by atoms with Crippen LogP contribution in [0.3, 0.4) is 0 Å². The van der Waals surface area contributed by atoms with Crippen LogP contribution in [0, 0.1) is 12.3 Å². The highest BCUT2D eigenvalue weighted by atomic mass is 16.1. The zero-order valence-corrected chi connectivity index (χ0v) is 13.3. The van der Waals surface area contributed by atoms with Gasteiger partial charge >= 0.3 is 0 Å². The number of amides is 1. The largest absolute Gasteiger partial charge is 0.357 e. The maximum Gasteiger partial charge on any atom is 0.246 e. The standard InChI is InChI=1S/C18H22N4O/c1-3-14-8-7-11-16(12-14)21-17(23)13-20-18(19-4-2)22-15-9-5-6-10-15/h1,5-8,11-12,15H,4,9-10,13H2,2H3,(H,21,23)(H2,19,20,22). The molecule has 0 unspecified atom stereocenters. The number of rotatable bonds is 5. The van der Waals surface area contributed by atoms with E-state index in [-0.39, 0.29) is 12.5 Å². The Labute approximate surface area is 137 Å². The molecule has 0 saturated heterocycles. The lowest BCUT2D eigenvalue weighted by Crippen LogP contribution is -2.42. The fourth-order valence-electron chi connectivity index (χ4n) is 2.29. The molecule has 0 aromatic heterocycles. The van der Waals surface area contributed by atoms with Crippen molar-refractivity contribution in [3.63, 3.8) is 0 Å². The SMILES string of the molecule is C#Cc1cccc(NC(=O)CN=C(NCC)NC2CC=CC2)c1. The van der Waals surface area contributed by atoms with Crippen LogP contribution in [0.2, 0.25) is 0 Å². The Morgan fingerprint density at radius 3 is 2.87 bits per heavy atom. The molecule has 5 heteroatoms. The summed E-state index contributed by atoms with van der Waals surface area (Å²) < 4.78 is 0. The first kappa shape index (κ1) is 16.6. The highest BCUT2D eigenvalue weighted by Gasteiger charge is 2.12. The van der Waals surface area contributed by atoms with Gasteiger partial charge in [-0.15, -0.1) is 6.42 Å². The minimum Gasteiger partial charge on any atom is -0.357 e. The average molecular weight is 310 g/mol. The van der Waals surface area contributed by atoms with Gasteiger partial charge in [-0.2, -0.15) is 0 Å². The number of aliphatic imine (C=N–C) groups is 1. The van der Waals surface area contributed by atoms with E-state index in [0.29, 0.717) is 17.7 Å². The fraction of sp³-hybridized carbons (Fsp3) is 0.333. The molecule has 0 saturated carbocycles. The fourth-order valence-corrected chi connectivity index (χ4v) is 2.29. The Hall–Kier alpha value is -2.74. The molecule has 0 aliphatic heterocycles. The minimum absolute atomic E-state index is 0.0514. The second-order valence-corrected chi connectivity index (χ2v) is 5.25. The lowest BCUT2D eigenvalue weighted by molar-refractivity contribution is -0.114. The van der Waals surface area contributed by atoms with E-state index < -0.39 is 0 Å². The van der Waals surface area contributed by atoms with Crippen molar-refractivity contribution in [2.45, 2.75) is 25.8 Å². The number of carbonyl (C=O) groups is 1. The van der Waals surface area contributed by atoms with E-state index in [0.717, 1.165) is 24.9 Å². The van der Waals surface area contributed by atoms with Crippen LogP contribution in [0.5, 0.6) is 0 Å². The van der Waals surface area contributed by atoms with Gasteiger partial charge in [0.2, 0.25) is 5.91 Å². The third-order valence-corrected chi connectivity index (χ3v) is 3.39. The zero-order valence-electron chi connectivity index (χ0n) is 13.3. The van der Waals surface area contributed by atoms with E-state index in [1.54, 1.807) is 12.1 Å². The molecular formula is C18H22N4O. The molecule has 2 rings (SSSR count). The first-order valence-electron chi connectivity index (χ1n) is 7.77. The monoisotopic (exact) mass is 310 g/mol. The second kappa shape index (κ2) is 8.64. The van der Waals surface area contributed by atoms with Gasteiger partial charge in [0.25, 0.3) is 0 Å². The van der Waals surface area contributed by atoms with Crippen molar-refractivity contribution >= 4 is 17.6 Å². The van der Waals surface area contributed by atoms with Crippen LogP contribution >= 0.6 is 0 Å². The molecule has 1 aliphatic carbocycles. The first-order valence-corrected chi connectivity index (χ1v) is 7.77. The van der Waals surface area contributed by atoms with Gasteiger partial charge in [-0.1, -0.05) is 24.1 Å². The lowest BCUT2D eigenvalue weighted by Gasteiger charge is -2.16. The van der Waals surface area contributed by atoms with Crippen LogP contribution in [0.15, 0.2) is 41.4 Å². The third-order valence-electron chi connectivity index (χ3n) is 3.39. The van der Waals surface area contributed by atoms with E-state index >= 15 is 0 Å². The summed E-state index contributed by atoms with van der Waals surface area (Å²) in [6, 6.07) is 7.54. The molecule has 0 atom stereocenters. The van der Waals surface area contributed by atoms with Gasteiger partial charge in [-0.05, 0) is 38.0 Å². The van der Waals surface area contributed by atoms with E-state index in [1.165, 1.54) is 0 Å². The molecule has 1 amide bonds. The number of nitrogens with zero attached hydrogens (tertiary/aromatic N) is 1. The number of nitrogens with one attached hydrogen (secondary N) is 3. The molecule has 3 N–H and O–H groups in total. The van der Waals surface area contributed by atoms with Gasteiger partial charge < -0.3 is 16.0 Å². The molecule has 23 heavy (non-hydrogen) atoms. The summed E-state index contributed by atoms with van der Waals surface area (Å²) in [5.74, 6) is 3.02. The molecule has 0 radical (unpaired) electrons. The van der Waals surface area contributed by atoms with Crippen molar-refractivity contribution in [2.24, 2.45) is 4.99 Å². The van der Waals surface area contributed by atoms with E-state index in [4.69, 9.17) is 6.42 Å². The molecule has 1 aromatic rings. The zero-order chi connectivity index (χ0) is 16.5. The number of hydrogen-bond acceptors (Lipinski definition) is 2. The van der Waals surface area contributed by atoms with Crippen molar-refractivity contribution in [3.05, 3.63) is 42.0 Å². The third kappa shape index (κ3) is 5.51. The highest BCUT2D eigenvalue weighted by molar-refractivity contribution is 5.94. The van der Waals surface area contributed by atoms with Gasteiger partial charge in [-0.25, -0.2) is 4.99 Å².